The molecule has 0 bridgehead atoms. The number of para-hydroxylation sites is 2. The zero-order valence-corrected chi connectivity index (χ0v) is 11.7. The molecule has 0 saturated heterocycles. The highest BCUT2D eigenvalue weighted by Crippen LogP contribution is 2.21. The van der Waals surface area contributed by atoms with Crippen molar-refractivity contribution in [1.82, 2.24) is 19.1 Å². The minimum absolute atomic E-state index is 0.466. The lowest BCUT2D eigenvalue weighted by molar-refractivity contribution is 0.161. The van der Waals surface area contributed by atoms with Gasteiger partial charge in [0.25, 0.3) is 0 Å². The first kappa shape index (κ1) is 12.9. The third kappa shape index (κ3) is 2.10. The predicted octanol–water partition coefficient (Wildman–Crippen LogP) is 2.07. The van der Waals surface area contributed by atoms with Crippen LogP contribution in [0, 0.1) is 0 Å². The van der Waals surface area contributed by atoms with Crippen LogP contribution < -0.4 is 0 Å². The lowest BCUT2D eigenvalue weighted by Gasteiger charge is -2.11. The quantitative estimate of drug-likeness (QED) is 0.789. The van der Waals surface area contributed by atoms with Crippen LogP contribution in [-0.2, 0) is 20.0 Å². The van der Waals surface area contributed by atoms with Gasteiger partial charge in [0.15, 0.2) is 0 Å². The molecule has 0 aliphatic rings. The molecule has 0 spiro atoms. The summed E-state index contributed by atoms with van der Waals surface area (Å²) in [4.78, 5) is 8.83. The Morgan fingerprint density at radius 1 is 1.30 bits per heavy atom. The van der Waals surface area contributed by atoms with Crippen molar-refractivity contribution in [3.8, 4) is 0 Å². The number of aryl methyl sites for hydroxylation is 2. The van der Waals surface area contributed by atoms with Gasteiger partial charge in [-0.1, -0.05) is 12.1 Å². The zero-order chi connectivity index (χ0) is 14.1. The van der Waals surface area contributed by atoms with E-state index in [2.05, 4.69) is 27.5 Å². The number of hydrogen-bond acceptors (Lipinski definition) is 3. The fraction of sp³-hybridized carbons (Fsp3) is 0.333. The number of aliphatic hydroxyl groups is 1. The van der Waals surface area contributed by atoms with E-state index in [1.165, 1.54) is 0 Å². The maximum Gasteiger partial charge on any atom is 0.137 e. The summed E-state index contributed by atoms with van der Waals surface area (Å²) < 4.78 is 3.98. The second kappa shape index (κ2) is 5.09. The second-order valence-corrected chi connectivity index (χ2v) is 4.88. The van der Waals surface area contributed by atoms with E-state index in [4.69, 9.17) is 0 Å². The summed E-state index contributed by atoms with van der Waals surface area (Å²) in [6.07, 6.45) is 3.35. The Morgan fingerprint density at radius 3 is 2.80 bits per heavy atom. The highest BCUT2D eigenvalue weighted by Gasteiger charge is 2.17. The summed E-state index contributed by atoms with van der Waals surface area (Å²) >= 11 is 0. The molecule has 2 aromatic heterocycles. The molecule has 1 unspecified atom stereocenters. The van der Waals surface area contributed by atoms with Gasteiger partial charge in [-0.2, -0.15) is 0 Å². The van der Waals surface area contributed by atoms with E-state index in [0.29, 0.717) is 12.2 Å². The van der Waals surface area contributed by atoms with Crippen LogP contribution in [0.1, 0.15) is 24.7 Å². The third-order valence-electron chi connectivity index (χ3n) is 3.58. The minimum atomic E-state index is -0.642. The van der Waals surface area contributed by atoms with Crippen molar-refractivity contribution in [3.63, 3.8) is 0 Å². The first-order valence-corrected chi connectivity index (χ1v) is 6.80. The van der Waals surface area contributed by atoms with Crippen molar-refractivity contribution in [3.05, 3.63) is 48.3 Å². The minimum Gasteiger partial charge on any atom is -0.385 e. The zero-order valence-electron chi connectivity index (χ0n) is 11.7. The average molecular weight is 270 g/mol. The number of fused-ring (bicyclic) bond motifs is 1. The van der Waals surface area contributed by atoms with Crippen molar-refractivity contribution < 1.29 is 5.11 Å². The van der Waals surface area contributed by atoms with E-state index in [-0.39, 0.29) is 0 Å². The van der Waals surface area contributed by atoms with E-state index in [1.54, 1.807) is 6.20 Å². The lowest BCUT2D eigenvalue weighted by Crippen LogP contribution is -2.12. The Balaban J connectivity index is 1.96. The number of nitrogens with zero attached hydrogens (tertiary/aromatic N) is 4. The van der Waals surface area contributed by atoms with Crippen molar-refractivity contribution in [2.75, 3.05) is 0 Å². The largest absolute Gasteiger partial charge is 0.385 e. The van der Waals surface area contributed by atoms with Gasteiger partial charge in [0.1, 0.15) is 17.8 Å². The molecule has 1 atom stereocenters. The highest BCUT2D eigenvalue weighted by atomic mass is 16.3. The standard InChI is InChI=1S/C15H18N4O/c1-3-19-12-7-5-4-6-11(12)17-14(19)10-13(20)15-16-8-9-18(15)2/h4-9,13,20H,3,10H2,1-2H3. The number of hydrogen-bond donors (Lipinski definition) is 1. The molecule has 5 nitrogen and oxygen atoms in total. The van der Waals surface area contributed by atoms with Crippen LogP contribution in [0.4, 0.5) is 0 Å². The van der Waals surface area contributed by atoms with E-state index in [9.17, 15) is 5.11 Å². The summed E-state index contributed by atoms with van der Waals surface area (Å²) in [5.74, 6) is 1.56. The topological polar surface area (TPSA) is 55.9 Å². The molecule has 104 valence electrons. The van der Waals surface area contributed by atoms with Gasteiger partial charge in [0.2, 0.25) is 0 Å². The molecule has 2 heterocycles. The Bertz CT molecular complexity index is 728. The molecule has 0 radical (unpaired) electrons. The molecule has 1 N–H and O–H groups in total. The van der Waals surface area contributed by atoms with Gasteiger partial charge < -0.3 is 14.2 Å². The number of rotatable bonds is 4. The van der Waals surface area contributed by atoms with E-state index < -0.39 is 6.10 Å². The van der Waals surface area contributed by atoms with E-state index in [1.807, 2.05) is 36.0 Å². The van der Waals surface area contributed by atoms with E-state index in [0.717, 1.165) is 23.4 Å². The van der Waals surface area contributed by atoms with E-state index >= 15 is 0 Å². The molecule has 5 heteroatoms. The van der Waals surface area contributed by atoms with Crippen LogP contribution in [0.2, 0.25) is 0 Å². The van der Waals surface area contributed by atoms with Crippen LogP contribution >= 0.6 is 0 Å². The molecule has 0 aliphatic heterocycles. The number of benzene rings is 1. The molecule has 1 aromatic carbocycles. The van der Waals surface area contributed by atoms with Gasteiger partial charge >= 0.3 is 0 Å². The molecular formula is C15H18N4O. The van der Waals surface area contributed by atoms with Crippen LogP contribution in [-0.4, -0.2) is 24.2 Å². The fourth-order valence-electron chi connectivity index (χ4n) is 2.60. The number of aromatic nitrogens is 4. The normalized spacial score (nSPS) is 12.9. The van der Waals surface area contributed by atoms with Gasteiger partial charge in [-0.05, 0) is 19.1 Å². The molecule has 0 amide bonds. The molecule has 0 saturated carbocycles. The second-order valence-electron chi connectivity index (χ2n) is 4.88. The SMILES string of the molecule is CCn1c(CC(O)c2nccn2C)nc2ccccc21. The summed E-state index contributed by atoms with van der Waals surface area (Å²) in [6.45, 7) is 2.92. The fourth-order valence-corrected chi connectivity index (χ4v) is 2.60. The van der Waals surface area contributed by atoms with Gasteiger partial charge in [0.05, 0.1) is 11.0 Å². The van der Waals surface area contributed by atoms with Crippen LogP contribution in [0.25, 0.3) is 11.0 Å². The summed E-state index contributed by atoms with van der Waals surface area (Å²) in [5, 5.41) is 10.4. The first-order chi connectivity index (χ1) is 9.70. The smallest absolute Gasteiger partial charge is 0.137 e. The highest BCUT2D eigenvalue weighted by molar-refractivity contribution is 5.75. The molecule has 0 fully saturated rings. The number of aliphatic hydroxyl groups excluding tert-OH is 1. The van der Waals surface area contributed by atoms with Gasteiger partial charge in [-0.3, -0.25) is 0 Å². The number of imidazole rings is 2. The molecular weight excluding hydrogens is 252 g/mol. The molecule has 20 heavy (non-hydrogen) atoms. The Kier molecular flexibility index (Phi) is 3.28. The summed E-state index contributed by atoms with van der Waals surface area (Å²) in [5.41, 5.74) is 2.08. The monoisotopic (exact) mass is 270 g/mol. The van der Waals surface area contributed by atoms with Crippen molar-refractivity contribution in [2.24, 2.45) is 7.05 Å². The van der Waals surface area contributed by atoms with Gasteiger partial charge in [0, 0.05) is 32.4 Å². The van der Waals surface area contributed by atoms with Crippen LogP contribution in [0.15, 0.2) is 36.7 Å². The Hall–Kier alpha value is -2.14. The van der Waals surface area contributed by atoms with Crippen LogP contribution in [0.3, 0.4) is 0 Å². The van der Waals surface area contributed by atoms with Gasteiger partial charge in [-0.15, -0.1) is 0 Å². The maximum atomic E-state index is 10.4. The summed E-state index contributed by atoms with van der Waals surface area (Å²) in [6, 6.07) is 8.05. The van der Waals surface area contributed by atoms with Crippen LogP contribution in [0.5, 0.6) is 0 Å². The van der Waals surface area contributed by atoms with Crippen molar-refractivity contribution >= 4 is 11.0 Å². The Morgan fingerprint density at radius 2 is 2.10 bits per heavy atom. The van der Waals surface area contributed by atoms with Gasteiger partial charge in [-0.25, -0.2) is 9.97 Å². The maximum absolute atomic E-state index is 10.4. The van der Waals surface area contributed by atoms with Crippen molar-refractivity contribution in [2.45, 2.75) is 26.0 Å². The third-order valence-corrected chi connectivity index (χ3v) is 3.58. The lowest BCUT2D eigenvalue weighted by atomic mass is 10.2. The molecule has 0 aliphatic carbocycles. The summed E-state index contributed by atoms with van der Waals surface area (Å²) in [7, 11) is 1.88. The molecule has 3 aromatic rings. The molecule has 3 rings (SSSR count). The average Bonchev–Trinajstić information content (AvgIpc) is 3.01. The van der Waals surface area contributed by atoms with Crippen molar-refractivity contribution in [1.29, 1.82) is 0 Å². The predicted molar refractivity (Wildman–Crippen MR) is 77.3 cm³/mol. The first-order valence-electron chi connectivity index (χ1n) is 6.80. The Labute approximate surface area is 117 Å².